The number of para-hydroxylation sites is 1. The third kappa shape index (κ3) is 5.64. The lowest BCUT2D eigenvalue weighted by molar-refractivity contribution is 1.13. The molecule has 0 spiro atoms. The van der Waals surface area contributed by atoms with Gasteiger partial charge in [-0.15, -0.1) is 0 Å². The van der Waals surface area contributed by atoms with Gasteiger partial charge in [-0.1, -0.05) is 153 Å². The Morgan fingerprint density at radius 2 is 0.645 bits per heavy atom. The van der Waals surface area contributed by atoms with E-state index in [1.165, 1.54) is 115 Å². The largest absolute Gasteiger partial charge is 0.309 e. The van der Waals surface area contributed by atoms with Crippen LogP contribution in [0.25, 0.3) is 110 Å². The number of aromatic nitrogens is 2. The molecule has 10 aromatic carbocycles. The van der Waals surface area contributed by atoms with Crippen LogP contribution in [0.4, 0.5) is 0 Å². The summed E-state index contributed by atoms with van der Waals surface area (Å²) in [6.07, 6.45) is 2.06. The number of rotatable bonds is 7. The standard InChI is InChI=1S/C60H44N2/c1-3-39-22-33-56-52(36-39)53-37-40(4-2)23-34-57(53)62(56)45-29-24-41(25-30-45)44-28-35-58-54(38-44)47-16-12-13-21-55(47)61(58)46-31-26-43(27-32-46)60-50-19-10-8-17-48(50)59(42-14-6-5-7-15-42)49-18-9-11-20-51(49)60/h5-38H,3-4H2,1-2H3. The van der Waals surface area contributed by atoms with Crippen LogP contribution in [0.5, 0.6) is 0 Å². The van der Waals surface area contributed by atoms with Crippen LogP contribution in [0, 0.1) is 0 Å². The van der Waals surface area contributed by atoms with Crippen LogP contribution >= 0.6 is 0 Å². The fourth-order valence-electron chi connectivity index (χ4n) is 10.2. The molecule has 0 radical (unpaired) electrons. The van der Waals surface area contributed by atoms with E-state index in [9.17, 15) is 0 Å². The van der Waals surface area contributed by atoms with Crippen molar-refractivity contribution in [2.24, 2.45) is 0 Å². The van der Waals surface area contributed by atoms with Gasteiger partial charge in [0.05, 0.1) is 22.1 Å². The number of hydrogen-bond donors (Lipinski definition) is 0. The lowest BCUT2D eigenvalue weighted by Crippen LogP contribution is -1.95. The molecule has 0 bridgehead atoms. The second kappa shape index (κ2) is 14.5. The molecule has 2 aromatic heterocycles. The summed E-state index contributed by atoms with van der Waals surface area (Å²) < 4.78 is 4.85. The van der Waals surface area contributed by atoms with Crippen molar-refractivity contribution in [3.63, 3.8) is 0 Å². The fourth-order valence-corrected chi connectivity index (χ4v) is 10.2. The van der Waals surface area contributed by atoms with Crippen molar-refractivity contribution in [2.45, 2.75) is 26.7 Å². The Bertz CT molecular complexity index is 3560. The minimum atomic E-state index is 1.03. The van der Waals surface area contributed by atoms with Crippen LogP contribution in [0.3, 0.4) is 0 Å². The van der Waals surface area contributed by atoms with Gasteiger partial charge < -0.3 is 9.13 Å². The molecule has 0 aliphatic rings. The third-order valence-electron chi connectivity index (χ3n) is 13.2. The van der Waals surface area contributed by atoms with Gasteiger partial charge >= 0.3 is 0 Å². The number of nitrogens with zero attached hydrogens (tertiary/aromatic N) is 2. The molecule has 0 saturated carbocycles. The summed E-state index contributed by atoms with van der Waals surface area (Å²) in [7, 11) is 0. The van der Waals surface area contributed by atoms with Gasteiger partial charge in [0.2, 0.25) is 0 Å². The summed E-state index contributed by atoms with van der Waals surface area (Å²) >= 11 is 0. The van der Waals surface area contributed by atoms with Gasteiger partial charge in [-0.2, -0.15) is 0 Å². The molecule has 12 rings (SSSR count). The predicted molar refractivity (Wildman–Crippen MR) is 265 cm³/mol. The Morgan fingerprint density at radius 1 is 0.274 bits per heavy atom. The van der Waals surface area contributed by atoms with Gasteiger partial charge in [-0.3, -0.25) is 0 Å². The van der Waals surface area contributed by atoms with E-state index in [-0.39, 0.29) is 0 Å². The Balaban J connectivity index is 0.943. The summed E-state index contributed by atoms with van der Waals surface area (Å²) in [6.45, 7) is 4.47. The summed E-state index contributed by atoms with van der Waals surface area (Å²) in [5, 5.41) is 10.2. The molecule has 0 fully saturated rings. The van der Waals surface area contributed by atoms with Gasteiger partial charge in [0.15, 0.2) is 0 Å². The average Bonchev–Trinajstić information content (AvgIpc) is 3.85. The molecule has 62 heavy (non-hydrogen) atoms. The van der Waals surface area contributed by atoms with Crippen molar-refractivity contribution in [1.29, 1.82) is 0 Å². The molecule has 0 saturated heterocycles. The highest BCUT2D eigenvalue weighted by Crippen LogP contribution is 2.44. The van der Waals surface area contributed by atoms with E-state index in [1.807, 2.05) is 0 Å². The van der Waals surface area contributed by atoms with Crippen LogP contribution < -0.4 is 0 Å². The smallest absolute Gasteiger partial charge is 0.0541 e. The first-order valence-electron chi connectivity index (χ1n) is 22.0. The normalized spacial score (nSPS) is 11.8. The first kappa shape index (κ1) is 36.2. The topological polar surface area (TPSA) is 9.86 Å². The minimum absolute atomic E-state index is 1.03. The number of benzene rings is 10. The Labute approximate surface area is 361 Å². The molecule has 0 N–H and O–H groups in total. The van der Waals surface area contributed by atoms with E-state index in [4.69, 9.17) is 0 Å². The van der Waals surface area contributed by atoms with Gasteiger partial charge in [0.25, 0.3) is 0 Å². The van der Waals surface area contributed by atoms with E-state index in [0.717, 1.165) is 18.5 Å². The van der Waals surface area contributed by atoms with Gasteiger partial charge in [-0.05, 0) is 146 Å². The van der Waals surface area contributed by atoms with E-state index in [2.05, 4.69) is 229 Å². The van der Waals surface area contributed by atoms with Crippen molar-refractivity contribution in [1.82, 2.24) is 9.13 Å². The second-order valence-electron chi connectivity index (χ2n) is 16.6. The third-order valence-corrected chi connectivity index (χ3v) is 13.2. The molecule has 294 valence electrons. The molecular formula is C60H44N2. The van der Waals surface area contributed by atoms with Crippen molar-refractivity contribution < 1.29 is 0 Å². The van der Waals surface area contributed by atoms with Gasteiger partial charge in [0.1, 0.15) is 0 Å². The molecule has 0 aliphatic carbocycles. The monoisotopic (exact) mass is 792 g/mol. The van der Waals surface area contributed by atoms with Crippen LogP contribution in [0.15, 0.2) is 206 Å². The molecule has 0 atom stereocenters. The highest BCUT2D eigenvalue weighted by Gasteiger charge is 2.19. The summed E-state index contributed by atoms with van der Waals surface area (Å²) in [5.74, 6) is 0. The van der Waals surface area contributed by atoms with E-state index in [1.54, 1.807) is 0 Å². The molecule has 12 aromatic rings. The zero-order valence-corrected chi connectivity index (χ0v) is 34.9. The summed E-state index contributed by atoms with van der Waals surface area (Å²) in [6, 6.07) is 76.7. The molecule has 0 aliphatic heterocycles. The van der Waals surface area contributed by atoms with Crippen molar-refractivity contribution in [3.8, 4) is 44.8 Å². The maximum atomic E-state index is 2.43. The first-order valence-corrected chi connectivity index (χ1v) is 22.0. The lowest BCUT2D eigenvalue weighted by Gasteiger charge is -2.18. The minimum Gasteiger partial charge on any atom is -0.309 e. The highest BCUT2D eigenvalue weighted by molar-refractivity contribution is 6.21. The van der Waals surface area contributed by atoms with Crippen LogP contribution in [-0.4, -0.2) is 9.13 Å². The predicted octanol–water partition coefficient (Wildman–Crippen LogP) is 16.3. The van der Waals surface area contributed by atoms with Crippen LogP contribution in [0.2, 0.25) is 0 Å². The van der Waals surface area contributed by atoms with Crippen molar-refractivity contribution >= 4 is 65.2 Å². The van der Waals surface area contributed by atoms with Crippen LogP contribution in [-0.2, 0) is 12.8 Å². The quantitative estimate of drug-likeness (QED) is 0.142. The number of aryl methyl sites for hydroxylation is 2. The van der Waals surface area contributed by atoms with Crippen molar-refractivity contribution in [3.05, 3.63) is 217 Å². The SMILES string of the molecule is CCc1ccc2c(c1)c1cc(CC)ccc1n2-c1ccc(-c2ccc3c(c2)c2ccccc2n3-c2ccc(-c3c4ccccc4c(-c4ccccc4)c4ccccc34)cc2)cc1. The number of hydrogen-bond acceptors (Lipinski definition) is 0. The maximum absolute atomic E-state index is 2.43. The Morgan fingerprint density at radius 3 is 1.15 bits per heavy atom. The fraction of sp³-hybridized carbons (Fsp3) is 0.0667. The molecule has 2 nitrogen and oxygen atoms in total. The Hall–Kier alpha value is -7.68. The lowest BCUT2D eigenvalue weighted by atomic mass is 9.86. The number of fused-ring (bicyclic) bond motifs is 8. The van der Waals surface area contributed by atoms with Crippen LogP contribution in [0.1, 0.15) is 25.0 Å². The summed E-state index contributed by atoms with van der Waals surface area (Å²) in [4.78, 5) is 0. The average molecular weight is 793 g/mol. The van der Waals surface area contributed by atoms with E-state index >= 15 is 0 Å². The second-order valence-corrected chi connectivity index (χ2v) is 16.6. The molecule has 2 heteroatoms. The van der Waals surface area contributed by atoms with E-state index in [0.29, 0.717) is 0 Å². The Kier molecular flexibility index (Phi) is 8.47. The van der Waals surface area contributed by atoms with E-state index < -0.39 is 0 Å². The molecule has 0 amide bonds. The highest BCUT2D eigenvalue weighted by atomic mass is 15.0. The molecule has 0 unspecified atom stereocenters. The zero-order chi connectivity index (χ0) is 41.3. The zero-order valence-electron chi connectivity index (χ0n) is 34.9. The van der Waals surface area contributed by atoms with Gasteiger partial charge in [0, 0.05) is 32.9 Å². The van der Waals surface area contributed by atoms with Gasteiger partial charge in [-0.25, -0.2) is 0 Å². The summed E-state index contributed by atoms with van der Waals surface area (Å²) in [5.41, 5.74) is 17.4. The maximum Gasteiger partial charge on any atom is 0.0541 e. The molecule has 2 heterocycles. The molecular weight excluding hydrogens is 749 g/mol. The van der Waals surface area contributed by atoms with Crippen molar-refractivity contribution in [2.75, 3.05) is 0 Å². The first-order chi connectivity index (χ1) is 30.7.